The van der Waals surface area contributed by atoms with Crippen LogP contribution in [0.4, 0.5) is 0 Å². The van der Waals surface area contributed by atoms with Crippen LogP contribution in [0.1, 0.15) is 213 Å². The third-order valence-electron chi connectivity index (χ3n) is 11.1. The van der Waals surface area contributed by atoms with Gasteiger partial charge < -0.3 is 40.3 Å². The summed E-state index contributed by atoms with van der Waals surface area (Å²) < 4.78 is 11.0. The molecule has 0 radical (unpaired) electrons. The normalized spacial score (nSPS) is 21.5. The first-order valence-corrected chi connectivity index (χ1v) is 22.9. The maximum Gasteiger partial charge on any atom is 0.220 e. The van der Waals surface area contributed by atoms with Gasteiger partial charge in [-0.1, -0.05) is 206 Å². The fourth-order valence-corrected chi connectivity index (χ4v) is 7.40. The van der Waals surface area contributed by atoms with Gasteiger partial charge in [0.05, 0.1) is 25.4 Å². The van der Waals surface area contributed by atoms with E-state index in [0.29, 0.717) is 6.42 Å². The molecule has 0 aromatic heterocycles. The van der Waals surface area contributed by atoms with E-state index in [9.17, 15) is 30.3 Å². The van der Waals surface area contributed by atoms with Crippen molar-refractivity contribution in [3.05, 3.63) is 12.2 Å². The van der Waals surface area contributed by atoms with E-state index in [1.807, 2.05) is 13.0 Å². The van der Waals surface area contributed by atoms with E-state index in [1.54, 1.807) is 6.08 Å². The number of allylic oxidation sites excluding steroid dienone is 1. The van der Waals surface area contributed by atoms with E-state index < -0.39 is 49.5 Å². The van der Waals surface area contributed by atoms with Crippen molar-refractivity contribution in [2.75, 3.05) is 13.2 Å². The Morgan fingerprint density at radius 2 is 1.02 bits per heavy atom. The number of amides is 1. The Balaban J connectivity index is 2.00. The summed E-state index contributed by atoms with van der Waals surface area (Å²) in [5.74, 6) is -0.185. The molecule has 6 N–H and O–H groups in total. The van der Waals surface area contributed by atoms with Crippen molar-refractivity contribution in [3.8, 4) is 0 Å². The smallest absolute Gasteiger partial charge is 0.220 e. The third-order valence-corrected chi connectivity index (χ3v) is 11.1. The zero-order chi connectivity index (χ0) is 39.5. The number of carbonyl (C=O) groups excluding carboxylic acids is 1. The SMILES string of the molecule is CCC/C=C/C(O)C(COC1OC(CO)C(O)C(O)C1O)NC(=O)CCCCCCCCCCCCCCCCCCCCCCCCCCCCCC. The Bertz CT molecular complexity index is 858. The maximum absolute atomic E-state index is 12.8. The monoisotopic (exact) mass is 770 g/mol. The molecule has 1 fully saturated rings. The molecule has 0 aliphatic carbocycles. The van der Waals surface area contributed by atoms with Crippen LogP contribution < -0.4 is 5.32 Å². The van der Waals surface area contributed by atoms with E-state index in [0.717, 1.165) is 32.1 Å². The summed E-state index contributed by atoms with van der Waals surface area (Å²) in [4.78, 5) is 12.8. The van der Waals surface area contributed by atoms with Gasteiger partial charge in [-0.25, -0.2) is 0 Å². The van der Waals surface area contributed by atoms with Gasteiger partial charge in [0.2, 0.25) is 5.91 Å². The van der Waals surface area contributed by atoms with Gasteiger partial charge in [0, 0.05) is 6.42 Å². The van der Waals surface area contributed by atoms with Crippen LogP contribution in [-0.2, 0) is 14.3 Å². The molecule has 1 aliphatic rings. The molecule has 0 spiro atoms. The molecule has 7 unspecified atom stereocenters. The molecule has 0 aromatic rings. The van der Waals surface area contributed by atoms with Crippen molar-refractivity contribution in [2.45, 2.75) is 256 Å². The molecule has 1 heterocycles. The lowest BCUT2D eigenvalue weighted by molar-refractivity contribution is -0.302. The second kappa shape index (κ2) is 36.3. The molecule has 9 heteroatoms. The van der Waals surface area contributed by atoms with Gasteiger partial charge in [0.25, 0.3) is 0 Å². The number of nitrogens with one attached hydrogen (secondary N) is 1. The van der Waals surface area contributed by atoms with Crippen LogP contribution in [0.15, 0.2) is 12.2 Å². The van der Waals surface area contributed by atoms with Gasteiger partial charge in [0.1, 0.15) is 24.4 Å². The minimum absolute atomic E-state index is 0.185. The predicted octanol–water partition coefficient (Wildman–Crippen LogP) is 9.34. The number of ether oxygens (including phenoxy) is 2. The number of aliphatic hydroxyl groups is 5. The summed E-state index contributed by atoms with van der Waals surface area (Å²) in [6.45, 7) is 3.57. The van der Waals surface area contributed by atoms with Gasteiger partial charge in [-0.05, 0) is 12.8 Å². The zero-order valence-electron chi connectivity index (χ0n) is 35.0. The van der Waals surface area contributed by atoms with Crippen molar-refractivity contribution in [1.82, 2.24) is 5.32 Å². The van der Waals surface area contributed by atoms with Crippen molar-refractivity contribution in [1.29, 1.82) is 0 Å². The van der Waals surface area contributed by atoms with Gasteiger partial charge in [-0.3, -0.25) is 4.79 Å². The Hall–Kier alpha value is -1.07. The number of carbonyl (C=O) groups is 1. The van der Waals surface area contributed by atoms with Crippen molar-refractivity contribution < 1.29 is 39.8 Å². The standard InChI is InChI=1S/C45H87NO8/c1-3-5-7-8-9-10-11-12-13-14-15-16-17-18-19-20-21-22-23-24-25-26-27-28-29-30-31-33-35-41(49)46-38(39(48)34-32-6-4-2)37-53-45-44(52)43(51)42(50)40(36-47)54-45/h32,34,38-40,42-45,47-48,50-52H,3-31,33,35-37H2,1-2H3,(H,46,49)/b34-32+. The van der Waals surface area contributed by atoms with Gasteiger partial charge >= 0.3 is 0 Å². The number of unbranched alkanes of at least 4 members (excludes halogenated alkanes) is 28. The van der Waals surface area contributed by atoms with E-state index in [1.165, 1.54) is 161 Å². The number of hydrogen-bond donors (Lipinski definition) is 6. The summed E-state index contributed by atoms with van der Waals surface area (Å²) >= 11 is 0. The lowest BCUT2D eigenvalue weighted by atomic mass is 9.99. The van der Waals surface area contributed by atoms with E-state index >= 15 is 0 Å². The summed E-state index contributed by atoms with van der Waals surface area (Å²) in [6.07, 6.45) is 35.2. The second-order valence-electron chi connectivity index (χ2n) is 16.2. The Morgan fingerprint density at radius 3 is 1.41 bits per heavy atom. The van der Waals surface area contributed by atoms with Crippen LogP contribution in [0, 0.1) is 0 Å². The second-order valence-corrected chi connectivity index (χ2v) is 16.2. The molecule has 0 aromatic carbocycles. The maximum atomic E-state index is 12.8. The van der Waals surface area contributed by atoms with E-state index in [4.69, 9.17) is 9.47 Å². The third kappa shape index (κ3) is 26.7. The first kappa shape index (κ1) is 50.9. The van der Waals surface area contributed by atoms with Crippen LogP contribution in [0.5, 0.6) is 0 Å². The summed E-state index contributed by atoms with van der Waals surface area (Å²) in [7, 11) is 0. The van der Waals surface area contributed by atoms with Gasteiger partial charge in [-0.2, -0.15) is 0 Å². The number of rotatable bonds is 38. The Morgan fingerprint density at radius 1 is 0.611 bits per heavy atom. The zero-order valence-corrected chi connectivity index (χ0v) is 35.0. The van der Waals surface area contributed by atoms with E-state index in [2.05, 4.69) is 12.2 Å². The quantitative estimate of drug-likeness (QED) is 0.0269. The first-order chi connectivity index (χ1) is 26.3. The highest BCUT2D eigenvalue weighted by Crippen LogP contribution is 2.23. The fourth-order valence-electron chi connectivity index (χ4n) is 7.40. The molecular formula is C45H87NO8. The Labute approximate surface area is 331 Å². The van der Waals surface area contributed by atoms with Crippen LogP contribution in [0.25, 0.3) is 0 Å². The molecule has 320 valence electrons. The molecule has 7 atom stereocenters. The number of hydrogen-bond acceptors (Lipinski definition) is 8. The van der Waals surface area contributed by atoms with Crippen LogP contribution in [0.3, 0.4) is 0 Å². The van der Waals surface area contributed by atoms with Gasteiger partial charge in [-0.15, -0.1) is 0 Å². The average Bonchev–Trinajstić information content (AvgIpc) is 3.17. The molecule has 1 amide bonds. The molecule has 54 heavy (non-hydrogen) atoms. The first-order valence-electron chi connectivity index (χ1n) is 22.9. The van der Waals surface area contributed by atoms with Gasteiger partial charge in [0.15, 0.2) is 6.29 Å². The minimum Gasteiger partial charge on any atom is -0.394 e. The van der Waals surface area contributed by atoms with Crippen LogP contribution in [-0.4, -0.2) is 87.5 Å². The van der Waals surface area contributed by atoms with Crippen LogP contribution >= 0.6 is 0 Å². The molecule has 1 aliphatic heterocycles. The molecule has 0 bridgehead atoms. The molecule has 9 nitrogen and oxygen atoms in total. The fraction of sp³-hybridized carbons (Fsp3) is 0.933. The van der Waals surface area contributed by atoms with Crippen LogP contribution in [0.2, 0.25) is 0 Å². The highest BCUT2D eigenvalue weighted by molar-refractivity contribution is 5.76. The predicted molar refractivity (Wildman–Crippen MR) is 221 cm³/mol. The average molecular weight is 770 g/mol. The largest absolute Gasteiger partial charge is 0.394 e. The lowest BCUT2D eigenvalue weighted by Crippen LogP contribution is -2.60. The Kier molecular flexibility index (Phi) is 34.2. The summed E-state index contributed by atoms with van der Waals surface area (Å²) in [5, 5.41) is 53.4. The van der Waals surface area contributed by atoms with Crippen molar-refractivity contribution in [3.63, 3.8) is 0 Å². The van der Waals surface area contributed by atoms with Crippen molar-refractivity contribution >= 4 is 5.91 Å². The molecular weight excluding hydrogens is 682 g/mol. The van der Waals surface area contributed by atoms with E-state index in [-0.39, 0.29) is 12.5 Å². The number of aliphatic hydroxyl groups excluding tert-OH is 5. The highest BCUT2D eigenvalue weighted by Gasteiger charge is 2.44. The molecule has 0 saturated carbocycles. The highest BCUT2D eigenvalue weighted by atomic mass is 16.7. The van der Waals surface area contributed by atoms with Crippen molar-refractivity contribution in [2.24, 2.45) is 0 Å². The summed E-state index contributed by atoms with van der Waals surface area (Å²) in [5.41, 5.74) is 0. The minimum atomic E-state index is -1.56. The lowest BCUT2D eigenvalue weighted by Gasteiger charge is -2.40. The summed E-state index contributed by atoms with van der Waals surface area (Å²) in [6, 6.07) is -0.795. The molecule has 1 rings (SSSR count). The topological polar surface area (TPSA) is 149 Å². The molecule has 1 saturated heterocycles.